The van der Waals surface area contributed by atoms with Gasteiger partial charge in [0.2, 0.25) is 5.91 Å². The van der Waals surface area contributed by atoms with E-state index in [-0.39, 0.29) is 17.9 Å². The lowest BCUT2D eigenvalue weighted by Gasteiger charge is -2.08. The maximum absolute atomic E-state index is 12.5. The Labute approximate surface area is 150 Å². The molecule has 0 radical (unpaired) electrons. The molecule has 0 aliphatic rings. The molecule has 0 atom stereocenters. The first kappa shape index (κ1) is 17.7. The van der Waals surface area contributed by atoms with Crippen LogP contribution in [0.5, 0.6) is 5.75 Å². The molecule has 0 saturated heterocycles. The van der Waals surface area contributed by atoms with E-state index in [4.69, 9.17) is 13.9 Å². The van der Waals surface area contributed by atoms with Crippen molar-refractivity contribution in [2.75, 3.05) is 25.6 Å². The summed E-state index contributed by atoms with van der Waals surface area (Å²) in [5.74, 6) is 0.944. The molecule has 0 unspecified atom stereocenters. The van der Waals surface area contributed by atoms with Crippen molar-refractivity contribution in [1.29, 1.82) is 0 Å². The van der Waals surface area contributed by atoms with Crippen LogP contribution < -0.4 is 15.5 Å². The molecule has 0 saturated carbocycles. The van der Waals surface area contributed by atoms with Crippen molar-refractivity contribution < 1.29 is 18.7 Å². The van der Waals surface area contributed by atoms with Crippen molar-refractivity contribution in [2.24, 2.45) is 0 Å². The Morgan fingerprint density at radius 3 is 2.58 bits per heavy atom. The molecule has 0 aliphatic heterocycles. The summed E-state index contributed by atoms with van der Waals surface area (Å²) in [6.45, 7) is 2.46. The zero-order valence-electron chi connectivity index (χ0n) is 14.6. The van der Waals surface area contributed by atoms with E-state index in [2.05, 4.69) is 5.32 Å². The summed E-state index contributed by atoms with van der Waals surface area (Å²) >= 11 is 0. The number of rotatable bonds is 6. The molecule has 1 aromatic heterocycles. The van der Waals surface area contributed by atoms with Crippen LogP contribution in [0.2, 0.25) is 0 Å². The van der Waals surface area contributed by atoms with Crippen molar-refractivity contribution in [1.82, 2.24) is 0 Å². The highest BCUT2D eigenvalue weighted by atomic mass is 16.5. The van der Waals surface area contributed by atoms with Gasteiger partial charge in [-0.3, -0.25) is 9.59 Å². The molecular formula is C20H19NO5. The Morgan fingerprint density at radius 2 is 1.88 bits per heavy atom. The normalized spacial score (nSPS) is 10.7. The van der Waals surface area contributed by atoms with Crippen LogP contribution >= 0.6 is 0 Å². The number of carbonyl (C=O) groups is 1. The first-order chi connectivity index (χ1) is 12.6. The summed E-state index contributed by atoms with van der Waals surface area (Å²) in [7, 11) is 1.44. The quantitative estimate of drug-likeness (QED) is 0.734. The van der Waals surface area contributed by atoms with Crippen molar-refractivity contribution in [3.05, 3.63) is 58.8 Å². The monoisotopic (exact) mass is 353 g/mol. The average molecular weight is 353 g/mol. The molecule has 3 aromatic rings. The predicted octanol–water partition coefficient (Wildman–Crippen LogP) is 3.44. The molecule has 6 nitrogen and oxygen atoms in total. The van der Waals surface area contributed by atoms with Crippen LogP contribution in [0.4, 0.5) is 5.69 Å². The third-order valence-electron chi connectivity index (χ3n) is 3.74. The Kier molecular flexibility index (Phi) is 5.34. The lowest BCUT2D eigenvalue weighted by Crippen LogP contribution is -2.17. The minimum atomic E-state index is -0.290. The van der Waals surface area contributed by atoms with Gasteiger partial charge in [-0.25, -0.2) is 0 Å². The fraction of sp³-hybridized carbons (Fsp3) is 0.200. The van der Waals surface area contributed by atoms with Gasteiger partial charge in [0.25, 0.3) is 0 Å². The zero-order valence-corrected chi connectivity index (χ0v) is 14.6. The Hall–Kier alpha value is -3.12. The second-order valence-corrected chi connectivity index (χ2v) is 5.62. The Morgan fingerprint density at radius 1 is 1.12 bits per heavy atom. The van der Waals surface area contributed by atoms with Gasteiger partial charge in [-0.2, -0.15) is 0 Å². The van der Waals surface area contributed by atoms with Gasteiger partial charge in [-0.1, -0.05) is 0 Å². The second kappa shape index (κ2) is 7.84. The summed E-state index contributed by atoms with van der Waals surface area (Å²) in [4.78, 5) is 24.1. The SMILES string of the molecule is CCOc1ccc(-c2cc(=O)c3cc(NC(=O)COC)ccc3o2)cc1. The van der Waals surface area contributed by atoms with Crippen molar-refractivity contribution in [2.45, 2.75) is 6.92 Å². The third-order valence-corrected chi connectivity index (χ3v) is 3.74. The highest BCUT2D eigenvalue weighted by Gasteiger charge is 2.09. The maximum Gasteiger partial charge on any atom is 0.250 e. The van der Waals surface area contributed by atoms with Crippen molar-refractivity contribution >= 4 is 22.6 Å². The van der Waals surface area contributed by atoms with Gasteiger partial charge in [-0.15, -0.1) is 0 Å². The largest absolute Gasteiger partial charge is 0.494 e. The lowest BCUT2D eigenvalue weighted by atomic mass is 10.1. The Bertz CT molecular complexity index is 976. The fourth-order valence-electron chi connectivity index (χ4n) is 2.59. The smallest absolute Gasteiger partial charge is 0.250 e. The summed E-state index contributed by atoms with van der Waals surface area (Å²) in [6.07, 6.45) is 0. The predicted molar refractivity (Wildman–Crippen MR) is 99.6 cm³/mol. The van der Waals surface area contributed by atoms with Crippen LogP contribution in [-0.2, 0) is 9.53 Å². The van der Waals surface area contributed by atoms with E-state index in [0.29, 0.717) is 29.0 Å². The lowest BCUT2D eigenvalue weighted by molar-refractivity contribution is -0.119. The molecule has 134 valence electrons. The van der Waals surface area contributed by atoms with Gasteiger partial charge in [0.05, 0.1) is 12.0 Å². The molecule has 0 bridgehead atoms. The number of methoxy groups -OCH3 is 1. The van der Waals surface area contributed by atoms with E-state index in [1.807, 2.05) is 31.2 Å². The number of anilines is 1. The number of nitrogens with one attached hydrogen (secondary N) is 1. The Balaban J connectivity index is 1.93. The van der Waals surface area contributed by atoms with E-state index in [1.54, 1.807) is 18.2 Å². The highest BCUT2D eigenvalue weighted by Crippen LogP contribution is 2.25. The molecule has 26 heavy (non-hydrogen) atoms. The number of ether oxygens (including phenoxy) is 2. The van der Waals surface area contributed by atoms with E-state index in [9.17, 15) is 9.59 Å². The molecule has 3 rings (SSSR count). The molecule has 1 N–H and O–H groups in total. The zero-order chi connectivity index (χ0) is 18.5. The van der Waals surface area contributed by atoms with Crippen LogP contribution in [0, 0.1) is 0 Å². The summed E-state index contributed by atoms with van der Waals surface area (Å²) in [5, 5.41) is 3.07. The number of hydrogen-bond donors (Lipinski definition) is 1. The van der Waals surface area contributed by atoms with Crippen LogP contribution in [0.1, 0.15) is 6.92 Å². The van der Waals surface area contributed by atoms with Gasteiger partial charge in [0.15, 0.2) is 5.43 Å². The van der Waals surface area contributed by atoms with Crippen LogP contribution in [0.3, 0.4) is 0 Å². The molecule has 0 spiro atoms. The van der Waals surface area contributed by atoms with Gasteiger partial charge in [0, 0.05) is 24.4 Å². The summed E-state index contributed by atoms with van der Waals surface area (Å²) in [6, 6.07) is 13.7. The van der Waals surface area contributed by atoms with Gasteiger partial charge >= 0.3 is 0 Å². The first-order valence-corrected chi connectivity index (χ1v) is 8.20. The second-order valence-electron chi connectivity index (χ2n) is 5.62. The molecule has 1 heterocycles. The van der Waals surface area contributed by atoms with E-state index >= 15 is 0 Å². The maximum atomic E-state index is 12.5. The molecule has 6 heteroatoms. The van der Waals surface area contributed by atoms with E-state index in [1.165, 1.54) is 13.2 Å². The first-order valence-electron chi connectivity index (χ1n) is 8.20. The third kappa shape index (κ3) is 3.92. The summed E-state index contributed by atoms with van der Waals surface area (Å²) < 4.78 is 16.0. The highest BCUT2D eigenvalue weighted by molar-refractivity contribution is 5.94. The number of amides is 1. The minimum Gasteiger partial charge on any atom is -0.494 e. The fourth-order valence-corrected chi connectivity index (χ4v) is 2.59. The molecule has 2 aromatic carbocycles. The standard InChI is InChI=1S/C20H19NO5/c1-3-25-15-7-4-13(5-8-15)19-11-17(22)16-10-14(6-9-18(16)26-19)21-20(23)12-24-2/h4-11H,3,12H2,1-2H3,(H,21,23). The van der Waals surface area contributed by atoms with Crippen LogP contribution in [0.25, 0.3) is 22.3 Å². The summed E-state index contributed by atoms with van der Waals surface area (Å²) in [5.41, 5.74) is 1.56. The van der Waals surface area contributed by atoms with Crippen molar-refractivity contribution in [3.63, 3.8) is 0 Å². The van der Waals surface area contributed by atoms with Gasteiger partial charge in [0.1, 0.15) is 23.7 Å². The molecule has 0 fully saturated rings. The van der Waals surface area contributed by atoms with Crippen LogP contribution in [-0.4, -0.2) is 26.2 Å². The number of fused-ring (bicyclic) bond motifs is 1. The van der Waals surface area contributed by atoms with Crippen molar-refractivity contribution in [3.8, 4) is 17.1 Å². The molecule has 1 amide bonds. The average Bonchev–Trinajstić information content (AvgIpc) is 2.63. The molecule has 0 aliphatic carbocycles. The number of carbonyl (C=O) groups excluding carboxylic acids is 1. The topological polar surface area (TPSA) is 77.8 Å². The number of benzene rings is 2. The van der Waals surface area contributed by atoms with Crippen LogP contribution in [0.15, 0.2) is 57.7 Å². The minimum absolute atomic E-state index is 0.0523. The van der Waals surface area contributed by atoms with E-state index < -0.39 is 0 Å². The number of hydrogen-bond acceptors (Lipinski definition) is 5. The van der Waals surface area contributed by atoms with E-state index in [0.717, 1.165) is 11.3 Å². The molecular weight excluding hydrogens is 334 g/mol. The van der Waals surface area contributed by atoms with Gasteiger partial charge < -0.3 is 19.2 Å². The van der Waals surface area contributed by atoms with Gasteiger partial charge in [-0.05, 0) is 49.4 Å².